The van der Waals surface area contributed by atoms with Gasteiger partial charge in [-0.05, 0) is 56.5 Å². The molecule has 0 atom stereocenters. The lowest BCUT2D eigenvalue weighted by atomic mass is 10.1. The molecule has 3 rings (SSSR count). The Bertz CT molecular complexity index is 904. The summed E-state index contributed by atoms with van der Waals surface area (Å²) in [6, 6.07) is 14.4. The van der Waals surface area contributed by atoms with Gasteiger partial charge in [0, 0.05) is 30.9 Å². The molecule has 0 aliphatic carbocycles. The SMILES string of the molecule is CCN(C(=O)c1ccc(C)c(S(=O)(=O)N2CCCCC2)c1)c1ccccc1. The van der Waals surface area contributed by atoms with Crippen LogP contribution in [0.4, 0.5) is 5.69 Å². The molecule has 0 bridgehead atoms. The molecule has 2 aromatic rings. The molecule has 5 nitrogen and oxygen atoms in total. The molecule has 6 heteroatoms. The number of rotatable bonds is 5. The number of benzene rings is 2. The summed E-state index contributed by atoms with van der Waals surface area (Å²) >= 11 is 0. The van der Waals surface area contributed by atoms with Gasteiger partial charge in [-0.2, -0.15) is 4.31 Å². The van der Waals surface area contributed by atoms with Crippen molar-refractivity contribution in [2.75, 3.05) is 24.5 Å². The number of carbonyl (C=O) groups excluding carboxylic acids is 1. The number of hydrogen-bond acceptors (Lipinski definition) is 3. The predicted octanol–water partition coefficient (Wildman–Crippen LogP) is 3.84. The van der Waals surface area contributed by atoms with Crippen molar-refractivity contribution in [2.45, 2.75) is 38.0 Å². The molecule has 144 valence electrons. The van der Waals surface area contributed by atoms with Gasteiger partial charge in [-0.25, -0.2) is 8.42 Å². The summed E-state index contributed by atoms with van der Waals surface area (Å²) in [5.41, 5.74) is 1.85. The smallest absolute Gasteiger partial charge is 0.258 e. The van der Waals surface area contributed by atoms with Gasteiger partial charge in [0.15, 0.2) is 0 Å². The number of nitrogens with zero attached hydrogens (tertiary/aromatic N) is 2. The summed E-state index contributed by atoms with van der Waals surface area (Å²) in [7, 11) is -3.58. The highest BCUT2D eigenvalue weighted by Gasteiger charge is 2.28. The van der Waals surface area contributed by atoms with Crippen LogP contribution in [0.15, 0.2) is 53.4 Å². The normalized spacial score (nSPS) is 15.5. The quantitative estimate of drug-likeness (QED) is 0.785. The van der Waals surface area contributed by atoms with E-state index >= 15 is 0 Å². The van der Waals surface area contributed by atoms with Crippen LogP contribution >= 0.6 is 0 Å². The summed E-state index contributed by atoms with van der Waals surface area (Å²) in [6.07, 6.45) is 2.83. The minimum Gasteiger partial charge on any atom is -0.309 e. The molecule has 27 heavy (non-hydrogen) atoms. The van der Waals surface area contributed by atoms with E-state index in [1.54, 1.807) is 28.3 Å². The first kappa shape index (κ1) is 19.6. The lowest BCUT2D eigenvalue weighted by molar-refractivity contribution is 0.0988. The highest BCUT2D eigenvalue weighted by molar-refractivity contribution is 7.89. The third kappa shape index (κ3) is 4.06. The molecule has 1 aliphatic rings. The number of hydrogen-bond donors (Lipinski definition) is 0. The van der Waals surface area contributed by atoms with E-state index in [9.17, 15) is 13.2 Å². The van der Waals surface area contributed by atoms with Crippen LogP contribution < -0.4 is 4.90 Å². The van der Waals surface area contributed by atoms with Crippen molar-refractivity contribution in [2.24, 2.45) is 0 Å². The maximum atomic E-state index is 13.1. The highest BCUT2D eigenvalue weighted by Crippen LogP contribution is 2.25. The van der Waals surface area contributed by atoms with E-state index in [1.165, 1.54) is 6.07 Å². The van der Waals surface area contributed by atoms with Crippen LogP contribution in [0.5, 0.6) is 0 Å². The average Bonchev–Trinajstić information content (AvgIpc) is 2.70. The second-order valence-electron chi connectivity index (χ2n) is 6.83. The lowest BCUT2D eigenvalue weighted by Crippen LogP contribution is -2.36. The number of piperidine rings is 1. The first-order valence-corrected chi connectivity index (χ1v) is 10.9. The third-order valence-corrected chi connectivity index (χ3v) is 7.04. The van der Waals surface area contributed by atoms with E-state index in [2.05, 4.69) is 0 Å². The van der Waals surface area contributed by atoms with Crippen LogP contribution in [-0.2, 0) is 10.0 Å². The van der Waals surface area contributed by atoms with Crippen molar-refractivity contribution in [3.8, 4) is 0 Å². The maximum Gasteiger partial charge on any atom is 0.258 e. The van der Waals surface area contributed by atoms with Gasteiger partial charge in [-0.1, -0.05) is 30.7 Å². The number of anilines is 1. The Morgan fingerprint density at radius 1 is 1.04 bits per heavy atom. The Hall–Kier alpha value is -2.18. The van der Waals surface area contributed by atoms with E-state index in [0.717, 1.165) is 24.9 Å². The van der Waals surface area contributed by atoms with Crippen LogP contribution in [0.3, 0.4) is 0 Å². The molecule has 0 aromatic heterocycles. The Balaban J connectivity index is 1.96. The number of aryl methyl sites for hydroxylation is 1. The zero-order valence-electron chi connectivity index (χ0n) is 15.9. The second kappa shape index (κ2) is 8.23. The molecule has 2 aromatic carbocycles. The monoisotopic (exact) mass is 386 g/mol. The fourth-order valence-electron chi connectivity index (χ4n) is 3.46. The maximum absolute atomic E-state index is 13.1. The predicted molar refractivity (Wildman–Crippen MR) is 108 cm³/mol. The molecule has 1 amide bonds. The van der Waals surface area contributed by atoms with Gasteiger partial charge in [0.1, 0.15) is 0 Å². The summed E-state index contributed by atoms with van der Waals surface area (Å²) in [6.45, 7) is 5.28. The summed E-state index contributed by atoms with van der Waals surface area (Å²) in [4.78, 5) is 15.0. The average molecular weight is 387 g/mol. The van der Waals surface area contributed by atoms with Crippen molar-refractivity contribution in [3.05, 3.63) is 59.7 Å². The van der Waals surface area contributed by atoms with Crippen molar-refractivity contribution in [1.29, 1.82) is 0 Å². The largest absolute Gasteiger partial charge is 0.309 e. The van der Waals surface area contributed by atoms with E-state index in [0.29, 0.717) is 30.8 Å². The minimum atomic E-state index is -3.58. The fraction of sp³-hybridized carbons (Fsp3) is 0.381. The zero-order chi connectivity index (χ0) is 19.4. The van der Waals surface area contributed by atoms with Crippen molar-refractivity contribution in [3.63, 3.8) is 0 Å². The fourth-order valence-corrected chi connectivity index (χ4v) is 5.23. The van der Waals surface area contributed by atoms with Crippen LogP contribution in [0, 0.1) is 6.92 Å². The van der Waals surface area contributed by atoms with Crippen LogP contribution in [0.1, 0.15) is 42.1 Å². The van der Waals surface area contributed by atoms with E-state index < -0.39 is 10.0 Å². The Morgan fingerprint density at radius 2 is 1.70 bits per heavy atom. The molecule has 0 N–H and O–H groups in total. The third-order valence-electron chi connectivity index (χ3n) is 5.00. The molecular weight excluding hydrogens is 360 g/mol. The second-order valence-corrected chi connectivity index (χ2v) is 8.74. The first-order chi connectivity index (χ1) is 12.9. The van der Waals surface area contributed by atoms with Gasteiger partial charge in [-0.3, -0.25) is 4.79 Å². The first-order valence-electron chi connectivity index (χ1n) is 9.43. The molecule has 0 spiro atoms. The van der Waals surface area contributed by atoms with Crippen molar-refractivity contribution < 1.29 is 13.2 Å². The van der Waals surface area contributed by atoms with Gasteiger partial charge in [0.2, 0.25) is 10.0 Å². The summed E-state index contributed by atoms with van der Waals surface area (Å²) in [5, 5.41) is 0. The van der Waals surface area contributed by atoms with Gasteiger partial charge in [0.25, 0.3) is 5.91 Å². The van der Waals surface area contributed by atoms with E-state index in [1.807, 2.05) is 37.3 Å². The lowest BCUT2D eigenvalue weighted by Gasteiger charge is -2.27. The van der Waals surface area contributed by atoms with Gasteiger partial charge in [-0.15, -0.1) is 0 Å². The highest BCUT2D eigenvalue weighted by atomic mass is 32.2. The molecule has 0 radical (unpaired) electrons. The molecule has 0 saturated carbocycles. The Kier molecular flexibility index (Phi) is 5.97. The molecule has 1 aliphatic heterocycles. The zero-order valence-corrected chi connectivity index (χ0v) is 16.7. The topological polar surface area (TPSA) is 57.7 Å². The molecule has 1 saturated heterocycles. The number of para-hydroxylation sites is 1. The molecular formula is C21H26N2O3S. The van der Waals surface area contributed by atoms with E-state index in [-0.39, 0.29) is 10.8 Å². The molecule has 1 heterocycles. The summed E-state index contributed by atoms with van der Waals surface area (Å²) < 4.78 is 27.7. The number of carbonyl (C=O) groups is 1. The standard InChI is InChI=1S/C21H26N2O3S/c1-3-23(19-10-6-4-7-11-19)21(24)18-13-12-17(2)20(16-18)27(25,26)22-14-8-5-9-15-22/h4,6-7,10-13,16H,3,5,8-9,14-15H2,1-2H3. The van der Waals surface area contributed by atoms with Crippen LogP contribution in [0.25, 0.3) is 0 Å². The van der Waals surface area contributed by atoms with Gasteiger partial charge < -0.3 is 4.90 Å². The summed E-state index contributed by atoms with van der Waals surface area (Å²) in [5.74, 6) is -0.196. The molecule has 0 unspecified atom stereocenters. The van der Waals surface area contributed by atoms with Gasteiger partial charge in [0.05, 0.1) is 4.90 Å². The van der Waals surface area contributed by atoms with Crippen LogP contribution in [-0.4, -0.2) is 38.3 Å². The minimum absolute atomic E-state index is 0.196. The Morgan fingerprint density at radius 3 is 2.33 bits per heavy atom. The van der Waals surface area contributed by atoms with Crippen molar-refractivity contribution in [1.82, 2.24) is 4.31 Å². The number of sulfonamides is 1. The van der Waals surface area contributed by atoms with Crippen molar-refractivity contribution >= 4 is 21.6 Å². The van der Waals surface area contributed by atoms with Crippen LogP contribution in [0.2, 0.25) is 0 Å². The number of amides is 1. The van der Waals surface area contributed by atoms with E-state index in [4.69, 9.17) is 0 Å². The Labute approximate surface area is 161 Å². The van der Waals surface area contributed by atoms with Gasteiger partial charge >= 0.3 is 0 Å². The molecule has 1 fully saturated rings.